The maximum Gasteiger partial charge on any atom is 0.408 e. The van der Waals surface area contributed by atoms with E-state index < -0.39 is 29.5 Å². The fraction of sp³-hybridized carbons (Fsp3) is 0.360. The zero-order chi connectivity index (χ0) is 26.3. The van der Waals surface area contributed by atoms with Crippen molar-refractivity contribution in [1.29, 1.82) is 0 Å². The molecule has 0 bridgehead atoms. The van der Waals surface area contributed by atoms with Gasteiger partial charge in [0.25, 0.3) is 0 Å². The van der Waals surface area contributed by atoms with E-state index in [1.165, 1.54) is 4.68 Å². The average Bonchev–Trinajstić information content (AvgIpc) is 3.26. The van der Waals surface area contributed by atoms with Crippen LogP contribution in [0, 0.1) is 6.92 Å². The van der Waals surface area contributed by atoms with Gasteiger partial charge in [0.05, 0.1) is 11.4 Å². The summed E-state index contributed by atoms with van der Waals surface area (Å²) < 4.78 is 11.8. The lowest BCUT2D eigenvalue weighted by atomic mass is 10.1. The quantitative estimate of drug-likeness (QED) is 0.427. The fourth-order valence-electron chi connectivity index (χ4n) is 3.27. The lowest BCUT2D eigenvalue weighted by Crippen LogP contribution is -2.45. The number of tetrazole rings is 1. The monoisotopic (exact) mass is 513 g/mol. The summed E-state index contributed by atoms with van der Waals surface area (Å²) in [5.41, 5.74) is 1.49. The van der Waals surface area contributed by atoms with E-state index in [-0.39, 0.29) is 25.4 Å². The Morgan fingerprint density at radius 2 is 1.83 bits per heavy atom. The van der Waals surface area contributed by atoms with Gasteiger partial charge in [0, 0.05) is 5.56 Å². The molecule has 0 saturated heterocycles. The molecule has 1 N–H and O–H groups in total. The zero-order valence-corrected chi connectivity index (χ0v) is 21.3. The minimum Gasteiger partial charge on any atom is -0.460 e. The van der Waals surface area contributed by atoms with Crippen molar-refractivity contribution in [3.8, 4) is 11.4 Å². The number of amides is 1. The topological polar surface area (TPSA) is 125 Å². The van der Waals surface area contributed by atoms with Crippen molar-refractivity contribution in [2.45, 2.75) is 58.9 Å². The molecule has 1 heterocycles. The zero-order valence-electron chi connectivity index (χ0n) is 20.5. The second-order valence-corrected chi connectivity index (χ2v) is 9.57. The van der Waals surface area contributed by atoms with Gasteiger partial charge in [0.15, 0.2) is 11.6 Å². The molecule has 1 atom stereocenters. The number of rotatable bonds is 9. The molecule has 0 spiro atoms. The van der Waals surface area contributed by atoms with E-state index in [1.54, 1.807) is 45.0 Å². The minimum absolute atomic E-state index is 0.00300. The summed E-state index contributed by atoms with van der Waals surface area (Å²) >= 11 is 6.31. The first-order chi connectivity index (χ1) is 17.0. The van der Waals surface area contributed by atoms with Gasteiger partial charge in [-0.25, -0.2) is 9.48 Å². The van der Waals surface area contributed by atoms with Gasteiger partial charge in [-0.1, -0.05) is 53.6 Å². The number of nitrogens with zero attached hydrogens (tertiary/aromatic N) is 4. The van der Waals surface area contributed by atoms with Crippen molar-refractivity contribution in [3.63, 3.8) is 0 Å². The summed E-state index contributed by atoms with van der Waals surface area (Å²) in [6, 6.07) is 13.2. The lowest BCUT2D eigenvalue weighted by molar-refractivity contribution is -0.156. The predicted octanol–water partition coefficient (Wildman–Crippen LogP) is 3.90. The van der Waals surface area contributed by atoms with E-state index in [4.69, 9.17) is 21.1 Å². The van der Waals surface area contributed by atoms with Crippen molar-refractivity contribution >= 4 is 29.4 Å². The minimum atomic E-state index is -1.23. The Morgan fingerprint density at radius 3 is 2.53 bits per heavy atom. The van der Waals surface area contributed by atoms with Crippen LogP contribution >= 0.6 is 11.6 Å². The molecular weight excluding hydrogens is 486 g/mol. The Labute approximate surface area is 213 Å². The van der Waals surface area contributed by atoms with E-state index in [2.05, 4.69) is 20.8 Å². The second kappa shape index (κ2) is 11.8. The molecule has 190 valence electrons. The molecule has 0 saturated carbocycles. The molecule has 36 heavy (non-hydrogen) atoms. The first kappa shape index (κ1) is 26.8. The number of hydrogen-bond acceptors (Lipinski definition) is 8. The first-order valence-corrected chi connectivity index (χ1v) is 11.6. The Balaban J connectivity index is 1.76. The maximum atomic E-state index is 13.2. The molecule has 10 nitrogen and oxygen atoms in total. The summed E-state index contributed by atoms with van der Waals surface area (Å²) in [7, 11) is 0. The second-order valence-electron chi connectivity index (χ2n) is 9.16. The number of aryl methyl sites for hydroxylation is 1. The molecule has 0 radical (unpaired) electrons. The van der Waals surface area contributed by atoms with Crippen LogP contribution in [-0.4, -0.2) is 49.7 Å². The largest absolute Gasteiger partial charge is 0.460 e. The highest BCUT2D eigenvalue weighted by Gasteiger charge is 2.29. The van der Waals surface area contributed by atoms with Crippen molar-refractivity contribution in [1.82, 2.24) is 25.5 Å². The SMILES string of the molecule is Cc1ccc(Cl)c(-c2nnnn2CC(=O)C(CC(=O)OC(C)(C)C)NC(=O)OCc2ccccc2)c1. The Hall–Kier alpha value is -3.79. The van der Waals surface area contributed by atoms with Gasteiger partial charge in [-0.2, -0.15) is 0 Å². The van der Waals surface area contributed by atoms with Gasteiger partial charge >= 0.3 is 12.1 Å². The standard InChI is InChI=1S/C25H28ClN5O5/c1-16-10-11-19(26)18(12-16)23-28-29-30-31(23)14-21(32)20(13-22(33)36-25(2,3)4)27-24(34)35-15-17-8-6-5-7-9-17/h5-12,20H,13-15H2,1-4H3,(H,27,34). The Bertz CT molecular complexity index is 1220. The van der Waals surface area contributed by atoms with Crippen LogP contribution in [0.5, 0.6) is 0 Å². The number of aromatic nitrogens is 4. The summed E-state index contributed by atoms with van der Waals surface area (Å²) in [5.74, 6) is -0.891. The molecule has 3 rings (SSSR count). The molecule has 0 aliphatic heterocycles. The Morgan fingerprint density at radius 1 is 1.11 bits per heavy atom. The molecule has 2 aromatic carbocycles. The molecule has 0 aliphatic rings. The highest BCUT2D eigenvalue weighted by molar-refractivity contribution is 6.33. The molecule has 1 aromatic heterocycles. The molecular formula is C25H28ClN5O5. The number of nitrogens with one attached hydrogen (secondary N) is 1. The number of carbonyl (C=O) groups excluding carboxylic acids is 3. The van der Waals surface area contributed by atoms with Crippen molar-refractivity contribution < 1.29 is 23.9 Å². The number of benzene rings is 2. The number of alkyl carbamates (subject to hydrolysis) is 1. The third kappa shape index (κ3) is 7.88. The molecule has 11 heteroatoms. The van der Waals surface area contributed by atoms with Gasteiger partial charge in [-0.05, 0) is 55.8 Å². The number of carbonyl (C=O) groups is 3. The fourth-order valence-corrected chi connectivity index (χ4v) is 3.48. The predicted molar refractivity (Wildman–Crippen MR) is 132 cm³/mol. The third-order valence-corrected chi connectivity index (χ3v) is 5.21. The summed E-state index contributed by atoms with van der Waals surface area (Å²) in [5, 5.41) is 14.4. The highest BCUT2D eigenvalue weighted by atomic mass is 35.5. The van der Waals surface area contributed by atoms with E-state index in [0.29, 0.717) is 10.6 Å². The summed E-state index contributed by atoms with van der Waals surface area (Å²) in [6.07, 6.45) is -1.24. The van der Waals surface area contributed by atoms with Crippen LogP contribution < -0.4 is 5.32 Å². The normalized spacial score (nSPS) is 12.0. The van der Waals surface area contributed by atoms with Crippen LogP contribution in [-0.2, 0) is 32.2 Å². The van der Waals surface area contributed by atoms with Crippen molar-refractivity contribution in [2.75, 3.05) is 0 Å². The molecule has 3 aromatic rings. The summed E-state index contributed by atoms with van der Waals surface area (Å²) in [6.45, 7) is 6.70. The average molecular weight is 514 g/mol. The van der Waals surface area contributed by atoms with E-state index >= 15 is 0 Å². The molecule has 0 aliphatic carbocycles. The number of hydrogen-bond donors (Lipinski definition) is 1. The number of esters is 1. The molecule has 1 amide bonds. The first-order valence-electron chi connectivity index (χ1n) is 11.3. The van der Waals surface area contributed by atoms with Crippen LogP contribution in [0.4, 0.5) is 4.79 Å². The summed E-state index contributed by atoms with van der Waals surface area (Å²) in [4.78, 5) is 38.2. The number of Topliss-reactive ketones (excluding diaryl/α,β-unsaturated/α-hetero) is 1. The van der Waals surface area contributed by atoms with Crippen molar-refractivity contribution in [3.05, 3.63) is 64.7 Å². The van der Waals surface area contributed by atoms with Gasteiger partial charge < -0.3 is 14.8 Å². The van der Waals surface area contributed by atoms with E-state index in [0.717, 1.165) is 11.1 Å². The van der Waals surface area contributed by atoms with Crippen LogP contribution in [0.1, 0.15) is 38.3 Å². The number of ketones is 1. The number of ether oxygens (including phenoxy) is 2. The van der Waals surface area contributed by atoms with Crippen LogP contribution in [0.3, 0.4) is 0 Å². The van der Waals surface area contributed by atoms with Crippen molar-refractivity contribution in [2.24, 2.45) is 0 Å². The van der Waals surface area contributed by atoms with Crippen LogP contribution in [0.25, 0.3) is 11.4 Å². The maximum absolute atomic E-state index is 13.2. The molecule has 0 fully saturated rings. The lowest BCUT2D eigenvalue weighted by Gasteiger charge is -2.22. The molecule has 1 unspecified atom stereocenters. The van der Waals surface area contributed by atoms with Gasteiger partial charge in [0.2, 0.25) is 0 Å². The Kier molecular flexibility index (Phi) is 8.76. The highest BCUT2D eigenvalue weighted by Crippen LogP contribution is 2.26. The van der Waals surface area contributed by atoms with Crippen LogP contribution in [0.2, 0.25) is 5.02 Å². The van der Waals surface area contributed by atoms with Gasteiger partial charge in [-0.15, -0.1) is 5.10 Å². The van der Waals surface area contributed by atoms with Gasteiger partial charge in [-0.3, -0.25) is 9.59 Å². The smallest absolute Gasteiger partial charge is 0.408 e. The third-order valence-electron chi connectivity index (χ3n) is 4.88. The van der Waals surface area contributed by atoms with Gasteiger partial charge in [0.1, 0.15) is 24.8 Å². The van der Waals surface area contributed by atoms with E-state index in [1.807, 2.05) is 31.2 Å². The van der Waals surface area contributed by atoms with E-state index in [9.17, 15) is 14.4 Å². The van der Waals surface area contributed by atoms with Crippen LogP contribution in [0.15, 0.2) is 48.5 Å². The number of halogens is 1.